The highest BCUT2D eigenvalue weighted by molar-refractivity contribution is 7.91. The zero-order valence-corrected chi connectivity index (χ0v) is 9.92. The summed E-state index contributed by atoms with van der Waals surface area (Å²) in [6.07, 6.45) is 0. The van der Waals surface area contributed by atoms with Gasteiger partial charge >= 0.3 is 0 Å². The molecule has 1 rings (SSSR count). The van der Waals surface area contributed by atoms with Crippen LogP contribution in [-0.4, -0.2) is 31.5 Å². The molecule has 0 saturated heterocycles. The lowest BCUT2D eigenvalue weighted by Gasteiger charge is -2.07. The Balaban J connectivity index is 2.53. The number of sulfone groups is 1. The maximum absolute atomic E-state index is 11.2. The summed E-state index contributed by atoms with van der Waals surface area (Å²) in [7, 11) is -2.95. The maximum atomic E-state index is 11.2. The van der Waals surface area contributed by atoms with Gasteiger partial charge in [0, 0.05) is 12.3 Å². The van der Waals surface area contributed by atoms with Crippen LogP contribution in [0, 0.1) is 0 Å². The van der Waals surface area contributed by atoms with Crippen molar-refractivity contribution in [3.05, 3.63) is 12.1 Å². The van der Waals surface area contributed by atoms with Gasteiger partial charge in [-0.2, -0.15) is 0 Å². The van der Waals surface area contributed by atoms with Gasteiger partial charge in [0.25, 0.3) is 0 Å². The normalized spacial score (nSPS) is 11.3. The number of nitrogens with zero attached hydrogens (tertiary/aromatic N) is 1. The Kier molecular flexibility index (Phi) is 3.94. The van der Waals surface area contributed by atoms with Crippen LogP contribution in [0.1, 0.15) is 6.92 Å². The number of hydrogen-bond donors (Lipinski definition) is 3. The minimum Gasteiger partial charge on any atom is -0.396 e. The van der Waals surface area contributed by atoms with E-state index in [2.05, 4.69) is 10.3 Å². The lowest BCUT2D eigenvalue weighted by Crippen LogP contribution is -2.17. The van der Waals surface area contributed by atoms with Crippen molar-refractivity contribution in [3.8, 4) is 0 Å². The summed E-state index contributed by atoms with van der Waals surface area (Å²) < 4.78 is 22.4. The average Bonchev–Trinajstić information content (AvgIpc) is 2.23. The van der Waals surface area contributed by atoms with Crippen molar-refractivity contribution in [3.63, 3.8) is 0 Å². The van der Waals surface area contributed by atoms with Crippen molar-refractivity contribution in [1.82, 2.24) is 4.98 Å². The number of aromatic nitrogens is 1. The number of pyridine rings is 1. The van der Waals surface area contributed by atoms with Crippen LogP contribution >= 0.6 is 0 Å². The number of nitrogens with two attached hydrogens (primary N) is 2. The summed E-state index contributed by atoms with van der Waals surface area (Å²) in [5.41, 5.74) is 11.4. The fourth-order valence-electron chi connectivity index (χ4n) is 1.06. The average molecular weight is 244 g/mol. The van der Waals surface area contributed by atoms with E-state index in [1.54, 1.807) is 19.1 Å². The van der Waals surface area contributed by atoms with Gasteiger partial charge in [-0.15, -0.1) is 0 Å². The van der Waals surface area contributed by atoms with Crippen LogP contribution in [0.5, 0.6) is 0 Å². The molecule has 6 nitrogen and oxygen atoms in total. The van der Waals surface area contributed by atoms with Gasteiger partial charge in [-0.05, 0) is 12.1 Å². The van der Waals surface area contributed by atoms with Gasteiger partial charge in [0.1, 0.15) is 11.6 Å². The summed E-state index contributed by atoms with van der Waals surface area (Å²) in [4.78, 5) is 3.96. The summed E-state index contributed by atoms with van der Waals surface area (Å²) in [5.74, 6) is 0.989. The van der Waals surface area contributed by atoms with Gasteiger partial charge in [0.05, 0.1) is 11.4 Å². The van der Waals surface area contributed by atoms with Crippen LogP contribution < -0.4 is 16.8 Å². The molecule has 0 spiro atoms. The molecule has 1 aromatic heterocycles. The van der Waals surface area contributed by atoms with E-state index in [1.165, 1.54) is 0 Å². The molecule has 0 saturated carbocycles. The molecule has 7 heteroatoms. The molecule has 1 heterocycles. The Morgan fingerprint density at radius 1 is 1.38 bits per heavy atom. The quantitative estimate of drug-likeness (QED) is 0.677. The van der Waals surface area contributed by atoms with Crippen LogP contribution in [-0.2, 0) is 9.84 Å². The third-order valence-corrected chi connectivity index (χ3v) is 3.82. The van der Waals surface area contributed by atoms with Crippen molar-refractivity contribution < 1.29 is 8.42 Å². The van der Waals surface area contributed by atoms with E-state index in [9.17, 15) is 8.42 Å². The van der Waals surface area contributed by atoms with Crippen LogP contribution in [0.3, 0.4) is 0 Å². The van der Waals surface area contributed by atoms with E-state index in [0.29, 0.717) is 18.1 Å². The molecule has 0 bridgehead atoms. The first-order valence-corrected chi connectivity index (χ1v) is 6.73. The molecule has 0 amide bonds. The molecule has 16 heavy (non-hydrogen) atoms. The first-order chi connectivity index (χ1) is 7.44. The van der Waals surface area contributed by atoms with Crippen molar-refractivity contribution >= 4 is 27.2 Å². The Morgan fingerprint density at radius 2 is 2.06 bits per heavy atom. The molecule has 0 aliphatic rings. The molecule has 5 N–H and O–H groups in total. The van der Waals surface area contributed by atoms with Crippen LogP contribution in [0.25, 0.3) is 0 Å². The molecule has 0 radical (unpaired) electrons. The standard InChI is InChI=1S/C9H16N4O2S/c1-2-16(14,15)6-5-12-8-4-3-7(10)9(11)13-8/h3-4H,2,5-6,10H2,1H3,(H3,11,12,13). The molecule has 0 aliphatic carbocycles. The van der Waals surface area contributed by atoms with Crippen molar-refractivity contribution in [2.24, 2.45) is 0 Å². The summed E-state index contributed by atoms with van der Waals surface area (Å²) >= 11 is 0. The molecule has 0 fully saturated rings. The second-order valence-corrected chi connectivity index (χ2v) is 5.81. The zero-order valence-electron chi connectivity index (χ0n) is 9.10. The minimum atomic E-state index is -2.95. The predicted molar refractivity (Wildman–Crippen MR) is 65.9 cm³/mol. The zero-order chi connectivity index (χ0) is 12.2. The Labute approximate surface area is 95.0 Å². The van der Waals surface area contributed by atoms with Gasteiger partial charge in [-0.1, -0.05) is 6.92 Å². The molecular weight excluding hydrogens is 228 g/mol. The number of rotatable bonds is 5. The highest BCUT2D eigenvalue weighted by Crippen LogP contribution is 2.14. The number of anilines is 3. The molecule has 0 atom stereocenters. The Morgan fingerprint density at radius 3 is 2.62 bits per heavy atom. The second kappa shape index (κ2) is 5.02. The van der Waals surface area contributed by atoms with Gasteiger partial charge in [0.2, 0.25) is 0 Å². The van der Waals surface area contributed by atoms with E-state index >= 15 is 0 Å². The molecule has 1 aromatic rings. The third-order valence-electron chi connectivity index (χ3n) is 2.12. The van der Waals surface area contributed by atoms with Gasteiger partial charge in [-0.25, -0.2) is 13.4 Å². The Bertz CT molecular complexity index is 459. The summed E-state index contributed by atoms with van der Waals surface area (Å²) in [5, 5.41) is 2.88. The van der Waals surface area contributed by atoms with E-state index in [1.807, 2.05) is 0 Å². The van der Waals surface area contributed by atoms with Crippen LogP contribution in [0.2, 0.25) is 0 Å². The van der Waals surface area contributed by atoms with Crippen molar-refractivity contribution in [1.29, 1.82) is 0 Å². The largest absolute Gasteiger partial charge is 0.396 e. The predicted octanol–water partition coefficient (Wildman–Crippen LogP) is 0.0926. The lowest BCUT2D eigenvalue weighted by molar-refractivity contribution is 0.597. The molecular formula is C9H16N4O2S. The molecule has 0 aliphatic heterocycles. The van der Waals surface area contributed by atoms with E-state index < -0.39 is 9.84 Å². The molecule has 0 aromatic carbocycles. The highest BCUT2D eigenvalue weighted by atomic mass is 32.2. The summed E-state index contributed by atoms with van der Waals surface area (Å²) in [6.45, 7) is 1.93. The first-order valence-electron chi connectivity index (χ1n) is 4.91. The highest BCUT2D eigenvalue weighted by Gasteiger charge is 2.06. The Hall–Kier alpha value is -1.50. The first kappa shape index (κ1) is 12.6. The smallest absolute Gasteiger partial charge is 0.151 e. The van der Waals surface area contributed by atoms with Crippen molar-refractivity contribution in [2.75, 3.05) is 34.8 Å². The van der Waals surface area contributed by atoms with Gasteiger partial charge in [0.15, 0.2) is 9.84 Å². The SMILES string of the molecule is CCS(=O)(=O)CCNc1ccc(N)c(N)n1. The summed E-state index contributed by atoms with van der Waals surface area (Å²) in [6, 6.07) is 3.28. The monoisotopic (exact) mass is 244 g/mol. The fourth-order valence-corrected chi connectivity index (χ4v) is 1.76. The third kappa shape index (κ3) is 3.58. The molecule has 90 valence electrons. The number of nitrogens with one attached hydrogen (secondary N) is 1. The van der Waals surface area contributed by atoms with Gasteiger partial charge in [-0.3, -0.25) is 0 Å². The topological polar surface area (TPSA) is 111 Å². The number of nitrogen functional groups attached to an aromatic ring is 2. The van der Waals surface area contributed by atoms with Crippen molar-refractivity contribution in [2.45, 2.75) is 6.92 Å². The van der Waals surface area contributed by atoms with E-state index in [0.717, 1.165) is 0 Å². The fraction of sp³-hybridized carbons (Fsp3) is 0.444. The number of hydrogen-bond acceptors (Lipinski definition) is 6. The second-order valence-electron chi connectivity index (χ2n) is 3.33. The van der Waals surface area contributed by atoms with E-state index in [4.69, 9.17) is 11.5 Å². The van der Waals surface area contributed by atoms with Crippen LogP contribution in [0.15, 0.2) is 12.1 Å². The van der Waals surface area contributed by atoms with E-state index in [-0.39, 0.29) is 17.3 Å². The van der Waals surface area contributed by atoms with Gasteiger partial charge < -0.3 is 16.8 Å². The maximum Gasteiger partial charge on any atom is 0.151 e. The molecule has 0 unspecified atom stereocenters. The lowest BCUT2D eigenvalue weighted by atomic mass is 10.4. The van der Waals surface area contributed by atoms with Crippen LogP contribution in [0.4, 0.5) is 17.3 Å². The minimum absolute atomic E-state index is 0.0788.